The number of rotatable bonds is 1. The summed E-state index contributed by atoms with van der Waals surface area (Å²) in [6.45, 7) is 1.09. The zero-order valence-electron chi connectivity index (χ0n) is 13.3. The van der Waals surface area contributed by atoms with E-state index in [4.69, 9.17) is 4.74 Å². The average Bonchev–Trinajstić information content (AvgIpc) is 3.19. The Morgan fingerprint density at radius 3 is 2.92 bits per heavy atom. The summed E-state index contributed by atoms with van der Waals surface area (Å²) < 4.78 is 46.9. The summed E-state index contributed by atoms with van der Waals surface area (Å²) in [4.78, 5) is 14.1. The van der Waals surface area contributed by atoms with Gasteiger partial charge in [0.2, 0.25) is 0 Å². The first-order valence-electron chi connectivity index (χ1n) is 7.76. The Morgan fingerprint density at radius 1 is 1.40 bits per heavy atom. The Labute approximate surface area is 140 Å². The number of alkyl halides is 3. The van der Waals surface area contributed by atoms with Gasteiger partial charge in [-0.3, -0.25) is 9.48 Å². The van der Waals surface area contributed by atoms with Crippen LogP contribution >= 0.6 is 0 Å². The van der Waals surface area contributed by atoms with Crippen LogP contribution in [-0.4, -0.2) is 54.8 Å². The second-order valence-corrected chi connectivity index (χ2v) is 6.16. The molecule has 25 heavy (non-hydrogen) atoms. The molecular formula is C14H15F3N6O2. The van der Waals surface area contributed by atoms with Gasteiger partial charge >= 0.3 is 6.18 Å². The molecule has 0 spiro atoms. The van der Waals surface area contributed by atoms with Crippen molar-refractivity contribution in [3.05, 3.63) is 29.3 Å². The molecule has 2 aliphatic heterocycles. The number of carbonyl (C=O) groups is 1. The van der Waals surface area contributed by atoms with Gasteiger partial charge < -0.3 is 9.64 Å². The number of hydrogen-bond acceptors (Lipinski definition) is 5. The van der Waals surface area contributed by atoms with Crippen LogP contribution in [0.25, 0.3) is 0 Å². The van der Waals surface area contributed by atoms with E-state index in [-0.39, 0.29) is 24.4 Å². The molecule has 2 aromatic rings. The number of aryl methyl sites for hydroxylation is 1. The third-order valence-electron chi connectivity index (χ3n) is 4.61. The fourth-order valence-corrected chi connectivity index (χ4v) is 3.36. The smallest absolute Gasteiger partial charge is 0.370 e. The van der Waals surface area contributed by atoms with Crippen molar-refractivity contribution in [2.75, 3.05) is 13.1 Å². The monoisotopic (exact) mass is 356 g/mol. The zero-order valence-corrected chi connectivity index (χ0v) is 13.3. The van der Waals surface area contributed by atoms with Gasteiger partial charge in [-0.25, -0.2) is 4.68 Å². The van der Waals surface area contributed by atoms with Crippen molar-refractivity contribution in [3.8, 4) is 0 Å². The number of hydrogen-bond donors (Lipinski definition) is 0. The van der Waals surface area contributed by atoms with E-state index in [0.29, 0.717) is 24.3 Å². The molecule has 4 rings (SSSR count). The van der Waals surface area contributed by atoms with E-state index >= 15 is 0 Å². The average molecular weight is 356 g/mol. The van der Waals surface area contributed by atoms with E-state index in [1.165, 1.54) is 11.9 Å². The molecule has 1 fully saturated rings. The van der Waals surface area contributed by atoms with Gasteiger partial charge in [-0.15, -0.1) is 5.10 Å². The molecule has 2 atom stereocenters. The van der Waals surface area contributed by atoms with Crippen molar-refractivity contribution in [1.82, 2.24) is 29.7 Å². The summed E-state index contributed by atoms with van der Waals surface area (Å²) in [6, 6.07) is 0.585. The maximum Gasteiger partial charge on any atom is 0.433 e. The highest BCUT2D eigenvalue weighted by molar-refractivity contribution is 5.92. The van der Waals surface area contributed by atoms with Crippen LogP contribution < -0.4 is 0 Å². The predicted octanol–water partition coefficient (Wildman–Crippen LogP) is 1.02. The third kappa shape index (κ3) is 2.68. The minimum Gasteiger partial charge on any atom is -0.370 e. The minimum atomic E-state index is -4.56. The maximum atomic E-state index is 12.9. The molecule has 0 N–H and O–H groups in total. The number of piperidine rings is 1. The molecule has 1 saturated heterocycles. The van der Waals surface area contributed by atoms with Gasteiger partial charge in [0.25, 0.3) is 5.91 Å². The lowest BCUT2D eigenvalue weighted by atomic mass is 10.00. The summed E-state index contributed by atoms with van der Waals surface area (Å²) >= 11 is 0. The van der Waals surface area contributed by atoms with Crippen LogP contribution in [0.15, 0.2) is 12.3 Å². The van der Waals surface area contributed by atoms with E-state index in [0.717, 1.165) is 11.8 Å². The molecular weight excluding hydrogens is 341 g/mol. The summed E-state index contributed by atoms with van der Waals surface area (Å²) in [6.07, 6.45) is -2.46. The largest absolute Gasteiger partial charge is 0.433 e. The van der Waals surface area contributed by atoms with Gasteiger partial charge in [-0.2, -0.15) is 18.3 Å². The molecule has 0 aliphatic carbocycles. The van der Waals surface area contributed by atoms with Crippen molar-refractivity contribution in [2.24, 2.45) is 7.05 Å². The molecule has 0 radical (unpaired) electrons. The molecule has 134 valence electrons. The Balaban J connectivity index is 1.57. The third-order valence-corrected chi connectivity index (χ3v) is 4.61. The number of aromatic nitrogens is 5. The number of amides is 1. The Bertz CT molecular complexity index is 814. The van der Waals surface area contributed by atoms with Gasteiger partial charge in [0.15, 0.2) is 5.69 Å². The van der Waals surface area contributed by atoms with Crippen LogP contribution in [0.1, 0.15) is 34.3 Å². The minimum absolute atomic E-state index is 0.0901. The van der Waals surface area contributed by atoms with E-state index < -0.39 is 17.8 Å². The molecule has 11 heteroatoms. The van der Waals surface area contributed by atoms with Gasteiger partial charge in [-0.05, 0) is 6.42 Å². The first kappa shape index (κ1) is 16.1. The standard InChI is InChI=1S/C14H15F3N6O2/c1-21-12(14(15,16)17)4-9(19-21)13(24)22-3-2-11-10(6-22)23-8(7-25-11)5-18-20-23/h4-5,10-11H,2-3,6-7H2,1H3/t10-,11+/m1/s1. The zero-order chi connectivity index (χ0) is 17.8. The molecule has 1 amide bonds. The van der Waals surface area contributed by atoms with Crippen molar-refractivity contribution < 1.29 is 22.7 Å². The fraction of sp³-hybridized carbons (Fsp3) is 0.571. The molecule has 0 unspecified atom stereocenters. The maximum absolute atomic E-state index is 12.9. The quantitative estimate of drug-likeness (QED) is 0.762. The van der Waals surface area contributed by atoms with Crippen LogP contribution in [0.5, 0.6) is 0 Å². The highest BCUT2D eigenvalue weighted by atomic mass is 19.4. The van der Waals surface area contributed by atoms with Crippen molar-refractivity contribution in [3.63, 3.8) is 0 Å². The summed E-state index contributed by atoms with van der Waals surface area (Å²) in [5.74, 6) is -0.531. The van der Waals surface area contributed by atoms with Crippen LogP contribution in [0, 0.1) is 0 Å². The van der Waals surface area contributed by atoms with Crippen molar-refractivity contribution >= 4 is 5.91 Å². The topological polar surface area (TPSA) is 78.1 Å². The highest BCUT2D eigenvalue weighted by Crippen LogP contribution is 2.32. The van der Waals surface area contributed by atoms with E-state index in [1.54, 1.807) is 10.9 Å². The lowest BCUT2D eigenvalue weighted by Crippen LogP contribution is -2.50. The Kier molecular flexibility index (Phi) is 3.56. The molecule has 0 aromatic carbocycles. The van der Waals surface area contributed by atoms with E-state index in [2.05, 4.69) is 15.4 Å². The fourth-order valence-electron chi connectivity index (χ4n) is 3.36. The number of carbonyl (C=O) groups excluding carboxylic acids is 1. The van der Waals surface area contributed by atoms with Gasteiger partial charge in [-0.1, -0.05) is 5.21 Å². The number of likely N-dealkylation sites (tertiary alicyclic amines) is 1. The van der Waals surface area contributed by atoms with Crippen LogP contribution in [-0.2, 0) is 24.6 Å². The van der Waals surface area contributed by atoms with E-state index in [1.807, 2.05) is 0 Å². The molecule has 2 aromatic heterocycles. The summed E-state index contributed by atoms with van der Waals surface area (Å²) in [5.41, 5.74) is -0.359. The Morgan fingerprint density at radius 2 is 2.20 bits per heavy atom. The lowest BCUT2D eigenvalue weighted by molar-refractivity contribution is -0.143. The van der Waals surface area contributed by atoms with Crippen molar-refractivity contribution in [1.29, 1.82) is 0 Å². The normalized spacial score (nSPS) is 23.3. The molecule has 0 saturated carbocycles. The molecule has 8 nitrogen and oxygen atoms in total. The number of ether oxygens (including phenoxy) is 1. The Hall–Kier alpha value is -2.43. The van der Waals surface area contributed by atoms with E-state index in [9.17, 15) is 18.0 Å². The van der Waals surface area contributed by atoms with Gasteiger partial charge in [0.1, 0.15) is 5.69 Å². The summed E-state index contributed by atoms with van der Waals surface area (Å²) in [7, 11) is 1.17. The molecule has 4 heterocycles. The van der Waals surface area contributed by atoms with Gasteiger partial charge in [0, 0.05) is 26.2 Å². The van der Waals surface area contributed by atoms with Crippen LogP contribution in [0.4, 0.5) is 13.2 Å². The number of halogens is 3. The number of fused-ring (bicyclic) bond motifs is 3. The number of nitrogens with zero attached hydrogens (tertiary/aromatic N) is 6. The molecule has 0 bridgehead atoms. The second kappa shape index (κ2) is 5.55. The van der Waals surface area contributed by atoms with Crippen LogP contribution in [0.3, 0.4) is 0 Å². The summed E-state index contributed by atoms with van der Waals surface area (Å²) in [5, 5.41) is 11.6. The van der Waals surface area contributed by atoms with Crippen molar-refractivity contribution in [2.45, 2.75) is 31.3 Å². The van der Waals surface area contributed by atoms with Gasteiger partial charge in [0.05, 0.1) is 30.6 Å². The second-order valence-electron chi connectivity index (χ2n) is 6.16. The highest BCUT2D eigenvalue weighted by Gasteiger charge is 2.40. The SMILES string of the molecule is Cn1nc(C(=O)N2CC[C@@H]3OCc4cnnn4[C@@H]3C2)cc1C(F)(F)F. The first-order chi connectivity index (χ1) is 11.8. The first-order valence-corrected chi connectivity index (χ1v) is 7.76. The predicted molar refractivity (Wildman–Crippen MR) is 76.4 cm³/mol. The lowest BCUT2D eigenvalue weighted by Gasteiger charge is -2.40. The molecule has 2 aliphatic rings. The van der Waals surface area contributed by atoms with Crippen LogP contribution in [0.2, 0.25) is 0 Å².